The molecule has 1 unspecified atom stereocenters. The van der Waals surface area contributed by atoms with Gasteiger partial charge in [-0.15, -0.1) is 11.3 Å². The van der Waals surface area contributed by atoms with Crippen molar-refractivity contribution in [3.05, 3.63) is 70.5 Å². The van der Waals surface area contributed by atoms with Crippen LogP contribution >= 0.6 is 11.3 Å². The largest absolute Gasteiger partial charge is 0.497 e. The van der Waals surface area contributed by atoms with Gasteiger partial charge in [0.25, 0.3) is 5.91 Å². The van der Waals surface area contributed by atoms with E-state index in [4.69, 9.17) is 4.74 Å². The first-order chi connectivity index (χ1) is 16.5. The van der Waals surface area contributed by atoms with Crippen LogP contribution in [0.4, 0.5) is 15.2 Å². The molecule has 7 nitrogen and oxygen atoms in total. The van der Waals surface area contributed by atoms with Gasteiger partial charge in [-0.05, 0) is 49.2 Å². The molecular formula is C25H25FN4O3S. The molecule has 2 heterocycles. The molecule has 1 aliphatic heterocycles. The molecule has 0 spiro atoms. The fourth-order valence-electron chi connectivity index (χ4n) is 4.50. The average molecular weight is 481 g/mol. The number of aromatic nitrogens is 1. The molecule has 176 valence electrons. The fraction of sp³-hybridized carbons (Fsp3) is 0.320. The van der Waals surface area contributed by atoms with E-state index < -0.39 is 5.82 Å². The highest BCUT2D eigenvalue weighted by Crippen LogP contribution is 2.39. The van der Waals surface area contributed by atoms with E-state index >= 15 is 0 Å². The second kappa shape index (κ2) is 9.42. The normalized spacial score (nSPS) is 17.4. The molecular weight excluding hydrogens is 455 g/mol. The molecule has 0 saturated carbocycles. The Labute approximate surface area is 201 Å². The number of nitrogens with zero attached hydrogens (tertiary/aromatic N) is 3. The summed E-state index contributed by atoms with van der Waals surface area (Å²) in [6.07, 6.45) is 1.52. The van der Waals surface area contributed by atoms with Crippen molar-refractivity contribution in [1.82, 2.24) is 9.88 Å². The highest BCUT2D eigenvalue weighted by atomic mass is 32.1. The number of benzene rings is 2. The number of nitrogens with one attached hydrogen (secondary N) is 1. The predicted molar refractivity (Wildman–Crippen MR) is 129 cm³/mol. The second-order valence-corrected chi connectivity index (χ2v) is 9.48. The summed E-state index contributed by atoms with van der Waals surface area (Å²) in [4.78, 5) is 35.6. The number of hydrogen-bond acceptors (Lipinski definition) is 6. The molecule has 2 aromatic carbocycles. The van der Waals surface area contributed by atoms with Crippen LogP contribution in [0.1, 0.15) is 33.3 Å². The summed E-state index contributed by atoms with van der Waals surface area (Å²) in [5, 5.41) is 3.26. The van der Waals surface area contributed by atoms with Crippen molar-refractivity contribution < 1.29 is 18.7 Å². The predicted octanol–water partition coefficient (Wildman–Crippen LogP) is 3.92. The van der Waals surface area contributed by atoms with Gasteiger partial charge >= 0.3 is 0 Å². The quantitative estimate of drug-likeness (QED) is 0.599. The Morgan fingerprint density at radius 2 is 1.88 bits per heavy atom. The summed E-state index contributed by atoms with van der Waals surface area (Å²) in [7, 11) is 1.66. The summed E-state index contributed by atoms with van der Waals surface area (Å²) in [5.41, 5.74) is 2.23. The van der Waals surface area contributed by atoms with Crippen LogP contribution in [0.2, 0.25) is 0 Å². The Hall–Kier alpha value is -3.46. The molecule has 3 aromatic rings. The van der Waals surface area contributed by atoms with E-state index in [1.807, 2.05) is 23.1 Å². The molecule has 0 bridgehead atoms. The van der Waals surface area contributed by atoms with Crippen molar-refractivity contribution in [1.29, 1.82) is 0 Å². The van der Waals surface area contributed by atoms with Crippen molar-refractivity contribution in [2.45, 2.75) is 18.8 Å². The number of piperazine rings is 1. The lowest BCUT2D eigenvalue weighted by molar-refractivity contribution is -0.133. The topological polar surface area (TPSA) is 74.8 Å². The molecule has 9 heteroatoms. The maximum absolute atomic E-state index is 13.3. The standard InChI is InChI=1S/C25H25FN4O3S/c1-33-19-4-2-3-18(15-19)29-11-13-30(14-12-29)24(32)20-9-10-21-22(20)27-25(34-21)28-23(31)16-5-7-17(26)8-6-16/h2-8,15,20H,9-14H2,1H3,(H,27,28,31). The summed E-state index contributed by atoms with van der Waals surface area (Å²) in [6, 6.07) is 13.3. The third-order valence-corrected chi connectivity index (χ3v) is 7.40. The van der Waals surface area contributed by atoms with E-state index in [9.17, 15) is 14.0 Å². The summed E-state index contributed by atoms with van der Waals surface area (Å²) < 4.78 is 18.4. The van der Waals surface area contributed by atoms with Crippen molar-refractivity contribution in [3.8, 4) is 5.75 Å². The molecule has 34 heavy (non-hydrogen) atoms. The summed E-state index contributed by atoms with van der Waals surface area (Å²) >= 11 is 1.41. The zero-order valence-electron chi connectivity index (χ0n) is 18.8. The SMILES string of the molecule is COc1cccc(N2CCN(C(=O)C3CCc4sc(NC(=O)c5ccc(F)cc5)nc43)CC2)c1. The van der Waals surface area contributed by atoms with Crippen molar-refractivity contribution in [3.63, 3.8) is 0 Å². The van der Waals surface area contributed by atoms with Crippen LogP contribution in [-0.2, 0) is 11.2 Å². The first-order valence-corrected chi connectivity index (χ1v) is 12.1. The van der Waals surface area contributed by atoms with Crippen molar-refractivity contribution >= 4 is 34.0 Å². The number of fused-ring (bicyclic) bond motifs is 1. The summed E-state index contributed by atoms with van der Waals surface area (Å²) in [6.45, 7) is 2.82. The molecule has 1 N–H and O–H groups in total. The number of amides is 2. The minimum Gasteiger partial charge on any atom is -0.497 e. The van der Waals surface area contributed by atoms with Gasteiger partial charge in [0.2, 0.25) is 5.91 Å². The molecule has 1 atom stereocenters. The number of methoxy groups -OCH3 is 1. The maximum Gasteiger partial charge on any atom is 0.257 e. The maximum atomic E-state index is 13.3. The molecule has 1 saturated heterocycles. The fourth-order valence-corrected chi connectivity index (χ4v) is 5.54. The van der Waals surface area contributed by atoms with Gasteiger partial charge < -0.3 is 14.5 Å². The lowest BCUT2D eigenvalue weighted by atomic mass is 10.1. The number of thiazole rings is 1. The molecule has 2 amide bonds. The van der Waals surface area contributed by atoms with Gasteiger partial charge in [-0.3, -0.25) is 14.9 Å². The third-order valence-electron chi connectivity index (χ3n) is 6.35. The first-order valence-electron chi connectivity index (χ1n) is 11.3. The van der Waals surface area contributed by atoms with Crippen LogP contribution in [0.5, 0.6) is 5.75 Å². The molecule has 1 aliphatic carbocycles. The lowest BCUT2D eigenvalue weighted by Gasteiger charge is -2.37. The van der Waals surface area contributed by atoms with Crippen LogP contribution in [0.3, 0.4) is 0 Å². The van der Waals surface area contributed by atoms with Crippen LogP contribution in [-0.4, -0.2) is 55.0 Å². The van der Waals surface area contributed by atoms with Crippen molar-refractivity contribution in [2.75, 3.05) is 43.5 Å². The minimum absolute atomic E-state index is 0.103. The Bertz CT molecular complexity index is 1210. The number of rotatable bonds is 5. The average Bonchev–Trinajstić information content (AvgIpc) is 3.44. The monoisotopic (exact) mass is 480 g/mol. The molecule has 1 fully saturated rings. The van der Waals surface area contributed by atoms with Crippen LogP contribution in [0.25, 0.3) is 0 Å². The van der Waals surface area contributed by atoms with Gasteiger partial charge in [-0.2, -0.15) is 0 Å². The Morgan fingerprint density at radius 3 is 2.62 bits per heavy atom. The number of hydrogen-bond donors (Lipinski definition) is 1. The molecule has 0 radical (unpaired) electrons. The molecule has 2 aliphatic rings. The van der Waals surface area contributed by atoms with E-state index in [-0.39, 0.29) is 17.7 Å². The van der Waals surface area contributed by atoms with Gasteiger partial charge in [-0.25, -0.2) is 9.37 Å². The van der Waals surface area contributed by atoms with Crippen LogP contribution in [0, 0.1) is 5.82 Å². The van der Waals surface area contributed by atoms with E-state index in [2.05, 4.69) is 21.3 Å². The molecule has 5 rings (SSSR count). The van der Waals surface area contributed by atoms with E-state index in [0.29, 0.717) is 23.8 Å². The van der Waals surface area contributed by atoms with Gasteiger partial charge in [0.15, 0.2) is 5.13 Å². The van der Waals surface area contributed by atoms with E-state index in [1.54, 1.807) is 7.11 Å². The summed E-state index contributed by atoms with van der Waals surface area (Å²) in [5.74, 6) is -0.0865. The Morgan fingerprint density at radius 1 is 1.12 bits per heavy atom. The number of anilines is 2. The van der Waals surface area contributed by atoms with Gasteiger partial charge in [0.1, 0.15) is 11.6 Å². The lowest BCUT2D eigenvalue weighted by Crippen LogP contribution is -2.50. The van der Waals surface area contributed by atoms with Gasteiger partial charge in [0.05, 0.1) is 18.7 Å². The zero-order chi connectivity index (χ0) is 23.7. The van der Waals surface area contributed by atoms with E-state index in [1.165, 1.54) is 35.6 Å². The number of aryl methyl sites for hydroxylation is 1. The van der Waals surface area contributed by atoms with Crippen LogP contribution < -0.4 is 15.0 Å². The zero-order valence-corrected chi connectivity index (χ0v) is 19.6. The second-order valence-electron chi connectivity index (χ2n) is 8.39. The highest BCUT2D eigenvalue weighted by molar-refractivity contribution is 7.16. The Balaban J connectivity index is 1.22. The number of ether oxygens (including phenoxy) is 1. The van der Waals surface area contributed by atoms with E-state index in [0.717, 1.165) is 47.9 Å². The smallest absolute Gasteiger partial charge is 0.257 e. The number of halogens is 1. The Kier molecular flexibility index (Phi) is 6.19. The first kappa shape index (κ1) is 22.3. The van der Waals surface area contributed by atoms with Crippen molar-refractivity contribution in [2.24, 2.45) is 0 Å². The van der Waals surface area contributed by atoms with Gasteiger partial charge in [0, 0.05) is 48.4 Å². The molecule has 1 aromatic heterocycles. The minimum atomic E-state index is -0.393. The van der Waals surface area contributed by atoms with Crippen LogP contribution in [0.15, 0.2) is 48.5 Å². The number of carbonyl (C=O) groups is 2. The third kappa shape index (κ3) is 4.48. The highest BCUT2D eigenvalue weighted by Gasteiger charge is 2.36. The van der Waals surface area contributed by atoms with Gasteiger partial charge in [-0.1, -0.05) is 6.07 Å². The number of carbonyl (C=O) groups excluding carboxylic acids is 2.